The van der Waals surface area contributed by atoms with Crippen molar-refractivity contribution < 1.29 is 59.0 Å². The molecule has 9 nitrogen and oxygen atoms in total. The summed E-state index contributed by atoms with van der Waals surface area (Å²) in [5.74, 6) is -2.87. The predicted molar refractivity (Wildman–Crippen MR) is 123 cm³/mol. The fraction of sp³-hybridized carbons (Fsp3) is 0.261. The van der Waals surface area contributed by atoms with E-state index >= 15 is 0 Å². The fourth-order valence-electron chi connectivity index (χ4n) is 3.92. The van der Waals surface area contributed by atoms with Crippen LogP contribution in [0, 0.1) is 0 Å². The van der Waals surface area contributed by atoms with E-state index in [4.69, 9.17) is 0 Å². The molecule has 39 heavy (non-hydrogen) atoms. The van der Waals surface area contributed by atoms with Gasteiger partial charge in [-0.25, -0.2) is 17.8 Å². The van der Waals surface area contributed by atoms with Crippen molar-refractivity contribution in [1.82, 2.24) is 4.57 Å². The van der Waals surface area contributed by atoms with Gasteiger partial charge in [-0.1, -0.05) is 18.2 Å². The van der Waals surface area contributed by atoms with E-state index in [0.29, 0.717) is 23.8 Å². The monoisotopic (exact) mass is 580 g/mol. The zero-order valence-electron chi connectivity index (χ0n) is 19.8. The summed E-state index contributed by atoms with van der Waals surface area (Å²) in [6.45, 7) is 0. The summed E-state index contributed by atoms with van der Waals surface area (Å²) in [6.07, 6.45) is -13.8. The van der Waals surface area contributed by atoms with Gasteiger partial charge >= 0.3 is 24.4 Å². The Labute approximate surface area is 215 Å². The Balaban J connectivity index is 2.05. The van der Waals surface area contributed by atoms with Crippen LogP contribution in [-0.2, 0) is 24.8 Å². The largest absolute Gasteiger partial charge is 0.469 e. The molecule has 1 aromatic heterocycles. The van der Waals surface area contributed by atoms with Crippen LogP contribution in [0.25, 0.3) is 10.8 Å². The Morgan fingerprint density at radius 1 is 0.974 bits per heavy atom. The topological polar surface area (TPSA) is 132 Å². The number of sulfone groups is 1. The second-order valence-electron chi connectivity index (χ2n) is 8.34. The Bertz CT molecular complexity index is 1540. The number of fused-ring (bicyclic) bond motifs is 1. The molecule has 1 heterocycles. The Morgan fingerprint density at radius 2 is 1.54 bits per heavy atom. The molecule has 16 heteroatoms. The van der Waals surface area contributed by atoms with E-state index in [9.17, 15) is 54.3 Å². The van der Waals surface area contributed by atoms with E-state index in [0.717, 1.165) is 36.7 Å². The summed E-state index contributed by atoms with van der Waals surface area (Å²) in [6, 6.07) is 5.72. The van der Waals surface area contributed by atoms with E-state index in [1.54, 1.807) is 0 Å². The van der Waals surface area contributed by atoms with E-state index in [-0.39, 0.29) is 21.4 Å². The van der Waals surface area contributed by atoms with Gasteiger partial charge in [-0.2, -0.15) is 26.3 Å². The molecule has 0 radical (unpaired) electrons. The summed E-state index contributed by atoms with van der Waals surface area (Å²) in [5.41, 5.74) is -6.76. The van der Waals surface area contributed by atoms with Crippen molar-refractivity contribution in [3.8, 4) is 0 Å². The number of alkyl halides is 6. The highest BCUT2D eigenvalue weighted by atomic mass is 32.2. The number of anilines is 1. The number of ether oxygens (including phenoxy) is 1. The normalized spacial score (nSPS) is 12.8. The van der Waals surface area contributed by atoms with Crippen LogP contribution in [-0.4, -0.2) is 61.8 Å². The smallest absolute Gasteiger partial charge is 0.416 e. The first-order chi connectivity index (χ1) is 17.8. The first-order valence-electron chi connectivity index (χ1n) is 10.5. The van der Waals surface area contributed by atoms with Gasteiger partial charge in [0, 0.05) is 28.9 Å². The lowest BCUT2D eigenvalue weighted by Gasteiger charge is -2.37. The molecule has 1 amide bonds. The summed E-state index contributed by atoms with van der Waals surface area (Å²) >= 11 is 0. The van der Waals surface area contributed by atoms with Crippen LogP contribution in [0.3, 0.4) is 0 Å². The molecule has 3 rings (SSSR count). The van der Waals surface area contributed by atoms with Gasteiger partial charge in [0.1, 0.15) is 5.69 Å². The summed E-state index contributed by atoms with van der Waals surface area (Å²) in [7, 11) is -3.04. The van der Waals surface area contributed by atoms with E-state index in [1.165, 1.54) is 6.07 Å². The highest BCUT2D eigenvalue weighted by Gasteiger charge is 2.72. The van der Waals surface area contributed by atoms with E-state index < -0.39 is 63.3 Å². The van der Waals surface area contributed by atoms with Crippen LogP contribution in [0.15, 0.2) is 53.6 Å². The number of methoxy groups -OCH3 is 1. The van der Waals surface area contributed by atoms with Gasteiger partial charge in [-0.05, 0) is 29.8 Å². The quantitative estimate of drug-likeness (QED) is 0.318. The van der Waals surface area contributed by atoms with Gasteiger partial charge in [-0.15, -0.1) is 0 Å². The zero-order chi connectivity index (χ0) is 29.6. The number of hydrogen-bond donors (Lipinski definition) is 2. The van der Waals surface area contributed by atoms with Crippen LogP contribution in [0.2, 0.25) is 0 Å². The SMILES string of the molecule is COC(=O)CC(c1ccc(NC(=O)c2c3ccc(S(C)(=O)=O)cc3cn2C(=O)O)cc1)(C(F)(F)F)C(F)(F)F. The van der Waals surface area contributed by atoms with E-state index in [2.05, 4.69) is 10.1 Å². The molecular weight excluding hydrogens is 562 g/mol. The van der Waals surface area contributed by atoms with Gasteiger partial charge in [0.15, 0.2) is 15.3 Å². The standard InChI is InChI=1S/C23H18F6N2O7S/c1-38-17(32)10-21(22(24,25)26,23(27,28)29)13-3-5-14(6-4-13)30-19(33)18-16-8-7-15(39(2,36)37)9-12(16)11-31(18)20(34)35/h3-9,11H,10H2,1-2H3,(H,30,33)(H,34,35). The number of benzene rings is 2. The van der Waals surface area contributed by atoms with Crippen molar-refractivity contribution in [2.75, 3.05) is 18.7 Å². The first kappa shape index (κ1) is 29.5. The molecule has 3 aromatic rings. The number of carbonyl (C=O) groups is 3. The molecule has 0 saturated heterocycles. The van der Waals surface area contributed by atoms with Crippen molar-refractivity contribution >= 4 is 44.3 Å². The molecule has 2 N–H and O–H groups in total. The lowest BCUT2D eigenvalue weighted by atomic mass is 9.76. The number of aromatic nitrogens is 1. The Kier molecular flexibility index (Phi) is 7.49. The molecule has 0 unspecified atom stereocenters. The molecular formula is C23H18F6N2O7S. The molecule has 0 bridgehead atoms. The highest BCUT2D eigenvalue weighted by Crippen LogP contribution is 2.54. The second-order valence-corrected chi connectivity index (χ2v) is 10.4. The first-order valence-corrected chi connectivity index (χ1v) is 12.4. The highest BCUT2D eigenvalue weighted by molar-refractivity contribution is 7.90. The average Bonchev–Trinajstić information content (AvgIpc) is 3.20. The van der Waals surface area contributed by atoms with Gasteiger partial charge in [0.25, 0.3) is 5.91 Å². The maximum absolute atomic E-state index is 13.8. The number of nitrogens with one attached hydrogen (secondary N) is 1. The van der Waals surface area contributed by atoms with Gasteiger partial charge < -0.3 is 15.2 Å². The molecule has 0 spiro atoms. The van der Waals surface area contributed by atoms with Gasteiger partial charge in [-0.3, -0.25) is 9.59 Å². The number of nitrogens with zero attached hydrogens (tertiary/aromatic N) is 1. The summed E-state index contributed by atoms with van der Waals surface area (Å²) < 4.78 is 111. The van der Waals surface area contributed by atoms with Gasteiger partial charge in [0.2, 0.25) is 0 Å². The van der Waals surface area contributed by atoms with Crippen LogP contribution >= 0.6 is 0 Å². The minimum absolute atomic E-state index is 0.00478. The summed E-state index contributed by atoms with van der Waals surface area (Å²) in [4.78, 5) is 36.0. The molecule has 0 atom stereocenters. The maximum Gasteiger partial charge on any atom is 0.416 e. The molecule has 0 fully saturated rings. The number of halogens is 6. The average molecular weight is 580 g/mol. The number of amides is 1. The third kappa shape index (κ3) is 5.41. The van der Waals surface area contributed by atoms with Crippen LogP contribution in [0.1, 0.15) is 22.5 Å². The van der Waals surface area contributed by atoms with Crippen molar-refractivity contribution in [3.05, 3.63) is 59.9 Å². The zero-order valence-corrected chi connectivity index (χ0v) is 20.7. The minimum Gasteiger partial charge on any atom is -0.469 e. The summed E-state index contributed by atoms with van der Waals surface area (Å²) in [5, 5.41) is 11.7. The fourth-order valence-corrected chi connectivity index (χ4v) is 4.57. The van der Waals surface area contributed by atoms with Crippen molar-refractivity contribution in [1.29, 1.82) is 0 Å². The Morgan fingerprint density at radius 3 is 2.00 bits per heavy atom. The third-order valence-corrected chi connectivity index (χ3v) is 6.99. The van der Waals surface area contributed by atoms with Crippen LogP contribution in [0.5, 0.6) is 0 Å². The number of carboxylic acid groups (broad SMARTS) is 1. The van der Waals surface area contributed by atoms with Gasteiger partial charge in [0.05, 0.1) is 18.4 Å². The van der Waals surface area contributed by atoms with Crippen molar-refractivity contribution in [3.63, 3.8) is 0 Å². The maximum atomic E-state index is 13.8. The number of hydrogen-bond acceptors (Lipinski definition) is 6. The predicted octanol–water partition coefficient (Wildman–Crippen LogP) is 4.75. The Hall–Kier alpha value is -4.08. The molecule has 2 aromatic carbocycles. The second kappa shape index (κ2) is 9.91. The third-order valence-electron chi connectivity index (χ3n) is 5.88. The van der Waals surface area contributed by atoms with E-state index in [1.807, 2.05) is 0 Å². The lowest BCUT2D eigenvalue weighted by molar-refractivity contribution is -0.304. The number of esters is 1. The number of carbonyl (C=O) groups excluding carboxylic acids is 2. The van der Waals surface area contributed by atoms with Crippen LogP contribution in [0.4, 0.5) is 36.8 Å². The number of rotatable bonds is 6. The molecule has 0 aliphatic rings. The van der Waals surface area contributed by atoms with Crippen molar-refractivity contribution in [2.45, 2.75) is 29.1 Å². The van der Waals surface area contributed by atoms with Crippen molar-refractivity contribution in [2.24, 2.45) is 0 Å². The molecule has 0 aliphatic carbocycles. The minimum atomic E-state index is -5.96. The molecule has 210 valence electrons. The molecule has 0 aliphatic heterocycles. The molecule has 0 saturated carbocycles. The van der Waals surface area contributed by atoms with Crippen LogP contribution < -0.4 is 5.32 Å². The lowest BCUT2D eigenvalue weighted by Crippen LogP contribution is -2.55.